The Kier molecular flexibility index (Phi) is 7.45. The van der Waals surface area contributed by atoms with Crippen LogP contribution in [-0.2, 0) is 20.8 Å². The number of nitrogens with one attached hydrogen (secondary N) is 2. The lowest BCUT2D eigenvalue weighted by Gasteiger charge is -2.13. The number of nitrogens with zero attached hydrogens (tertiary/aromatic N) is 1. The van der Waals surface area contributed by atoms with E-state index in [1.807, 2.05) is 6.92 Å². The van der Waals surface area contributed by atoms with Crippen LogP contribution in [0.25, 0.3) is 11.0 Å². The van der Waals surface area contributed by atoms with Gasteiger partial charge in [0.05, 0.1) is 11.0 Å². The molecule has 134 valence electrons. The predicted molar refractivity (Wildman–Crippen MR) is 90.5 cm³/mol. The molecule has 1 atom stereocenters. The van der Waals surface area contributed by atoms with Gasteiger partial charge in [-0.25, -0.2) is 9.37 Å². The second kappa shape index (κ2) is 9.31. The first-order valence-corrected chi connectivity index (χ1v) is 7.47. The smallest absolute Gasteiger partial charge is 0.290 e. The maximum absolute atomic E-state index is 13.1. The number of fused-ring (bicyclic) bond motifs is 1. The van der Waals surface area contributed by atoms with E-state index in [0.29, 0.717) is 40.7 Å². The van der Waals surface area contributed by atoms with Crippen molar-refractivity contribution in [3.8, 4) is 0 Å². The Morgan fingerprint density at radius 2 is 2.04 bits per heavy atom. The van der Waals surface area contributed by atoms with Gasteiger partial charge in [-0.05, 0) is 44.5 Å². The van der Waals surface area contributed by atoms with E-state index in [-0.39, 0.29) is 24.2 Å². The van der Waals surface area contributed by atoms with Crippen molar-refractivity contribution >= 4 is 29.7 Å². The third-order valence-corrected chi connectivity index (χ3v) is 3.48. The molecular weight excluding hydrogens is 329 g/mol. The van der Waals surface area contributed by atoms with E-state index in [1.165, 1.54) is 12.1 Å². The summed E-state index contributed by atoms with van der Waals surface area (Å²) in [6, 6.07) is 4.17. The van der Waals surface area contributed by atoms with Gasteiger partial charge < -0.3 is 15.4 Å². The first kappa shape index (κ1) is 20.0. The first-order valence-electron chi connectivity index (χ1n) is 7.47. The number of imidazole rings is 1. The number of benzene rings is 1. The number of aldehydes is 1. The molecule has 3 N–H and O–H groups in total. The maximum atomic E-state index is 13.1. The van der Waals surface area contributed by atoms with Gasteiger partial charge in [-0.1, -0.05) is 0 Å². The van der Waals surface area contributed by atoms with Gasteiger partial charge in [0, 0.05) is 18.0 Å². The molecule has 0 spiro atoms. The number of aromatic amines is 1. The molecule has 0 aliphatic rings. The Labute approximate surface area is 144 Å². The fourth-order valence-corrected chi connectivity index (χ4v) is 2.07. The van der Waals surface area contributed by atoms with Crippen LogP contribution in [0.4, 0.5) is 4.39 Å². The SMILES string of the molecule is C/C(C=O)=C(\C)C(=O)NC(C)Cc1nc2ccc(F)cc2[nH]1.O=CO. The van der Waals surface area contributed by atoms with Gasteiger partial charge in [0.15, 0.2) is 0 Å². The monoisotopic (exact) mass is 349 g/mol. The molecule has 1 aromatic carbocycles. The van der Waals surface area contributed by atoms with E-state index in [0.717, 1.165) is 0 Å². The molecule has 2 rings (SSSR count). The number of carbonyl (C=O) groups excluding carboxylic acids is 2. The lowest BCUT2D eigenvalue weighted by atomic mass is 10.1. The predicted octanol–water partition coefficient (Wildman–Crippen LogP) is 1.99. The lowest BCUT2D eigenvalue weighted by Crippen LogP contribution is -2.35. The molecular formula is C17H20FN3O4. The van der Waals surface area contributed by atoms with Crippen LogP contribution in [0.3, 0.4) is 0 Å². The Bertz CT molecular complexity index is 798. The number of rotatable bonds is 5. The Morgan fingerprint density at radius 3 is 2.64 bits per heavy atom. The molecule has 1 unspecified atom stereocenters. The molecule has 0 aliphatic heterocycles. The number of aromatic nitrogens is 2. The highest BCUT2D eigenvalue weighted by molar-refractivity contribution is 5.98. The van der Waals surface area contributed by atoms with Crippen molar-refractivity contribution < 1.29 is 23.9 Å². The molecule has 0 fully saturated rings. The molecule has 7 nitrogen and oxygen atoms in total. The zero-order valence-corrected chi connectivity index (χ0v) is 14.2. The Hall–Kier alpha value is -3.03. The minimum absolute atomic E-state index is 0.174. The van der Waals surface area contributed by atoms with E-state index in [9.17, 15) is 14.0 Å². The maximum Gasteiger partial charge on any atom is 0.290 e. The highest BCUT2D eigenvalue weighted by atomic mass is 19.1. The number of carbonyl (C=O) groups is 3. The van der Waals surface area contributed by atoms with Gasteiger partial charge in [-0.3, -0.25) is 14.4 Å². The first-order chi connectivity index (χ1) is 11.8. The number of hydrogen-bond donors (Lipinski definition) is 3. The zero-order chi connectivity index (χ0) is 19.0. The van der Waals surface area contributed by atoms with Crippen LogP contribution >= 0.6 is 0 Å². The summed E-state index contributed by atoms with van der Waals surface area (Å²) in [5, 5.41) is 9.70. The molecule has 0 aliphatic carbocycles. The lowest BCUT2D eigenvalue weighted by molar-refractivity contribution is -0.123. The topological polar surface area (TPSA) is 112 Å². The highest BCUT2D eigenvalue weighted by Gasteiger charge is 2.13. The minimum Gasteiger partial charge on any atom is -0.483 e. The molecule has 25 heavy (non-hydrogen) atoms. The number of allylic oxidation sites excluding steroid dienone is 1. The van der Waals surface area contributed by atoms with Crippen LogP contribution in [-0.4, -0.2) is 39.8 Å². The molecule has 1 amide bonds. The van der Waals surface area contributed by atoms with Gasteiger partial charge >= 0.3 is 0 Å². The summed E-state index contributed by atoms with van der Waals surface area (Å²) in [6.45, 7) is 4.80. The molecule has 0 bridgehead atoms. The van der Waals surface area contributed by atoms with E-state index in [2.05, 4.69) is 15.3 Å². The number of hydrogen-bond acceptors (Lipinski definition) is 4. The Balaban J connectivity index is 0.000000970. The summed E-state index contributed by atoms with van der Waals surface area (Å²) in [5.74, 6) is 0.0653. The highest BCUT2D eigenvalue weighted by Crippen LogP contribution is 2.14. The van der Waals surface area contributed by atoms with Crippen molar-refractivity contribution in [2.24, 2.45) is 0 Å². The summed E-state index contributed by atoms with van der Waals surface area (Å²) in [7, 11) is 0. The molecule has 2 aromatic rings. The largest absolute Gasteiger partial charge is 0.483 e. The second-order valence-corrected chi connectivity index (χ2v) is 5.45. The van der Waals surface area contributed by atoms with Gasteiger partial charge in [0.2, 0.25) is 5.91 Å². The molecule has 0 saturated heterocycles. The fourth-order valence-electron chi connectivity index (χ4n) is 2.07. The van der Waals surface area contributed by atoms with E-state index < -0.39 is 0 Å². The van der Waals surface area contributed by atoms with Crippen LogP contribution in [0.5, 0.6) is 0 Å². The summed E-state index contributed by atoms with van der Waals surface area (Å²) < 4.78 is 13.1. The van der Waals surface area contributed by atoms with Crippen molar-refractivity contribution in [3.63, 3.8) is 0 Å². The number of carboxylic acid groups (broad SMARTS) is 1. The fraction of sp³-hybridized carbons (Fsp3) is 0.294. The summed E-state index contributed by atoms with van der Waals surface area (Å²) in [4.78, 5) is 38.4. The van der Waals surface area contributed by atoms with Crippen LogP contribution < -0.4 is 5.32 Å². The van der Waals surface area contributed by atoms with Crippen molar-refractivity contribution in [2.45, 2.75) is 33.2 Å². The van der Waals surface area contributed by atoms with Gasteiger partial charge in [0.1, 0.15) is 17.9 Å². The Morgan fingerprint density at radius 1 is 1.40 bits per heavy atom. The third-order valence-electron chi connectivity index (χ3n) is 3.48. The summed E-state index contributed by atoms with van der Waals surface area (Å²) in [5.41, 5.74) is 2.11. The zero-order valence-electron chi connectivity index (χ0n) is 14.2. The van der Waals surface area contributed by atoms with Gasteiger partial charge in [-0.15, -0.1) is 0 Å². The molecule has 1 aromatic heterocycles. The van der Waals surface area contributed by atoms with Crippen molar-refractivity contribution in [2.75, 3.05) is 0 Å². The van der Waals surface area contributed by atoms with Gasteiger partial charge in [0.25, 0.3) is 6.47 Å². The number of halogens is 1. The standard InChI is InChI=1S/C16H18FN3O2.CH2O2/c1-9(8-21)11(3)16(22)18-10(2)6-15-19-13-5-4-12(17)7-14(13)20-15;2-1-3/h4-5,7-8,10H,6H2,1-3H3,(H,18,22)(H,19,20);1H,(H,2,3)/b11-9-;. The third kappa shape index (κ3) is 5.83. The van der Waals surface area contributed by atoms with E-state index in [1.54, 1.807) is 19.9 Å². The quantitative estimate of drug-likeness (QED) is 0.564. The summed E-state index contributed by atoms with van der Waals surface area (Å²) >= 11 is 0. The van der Waals surface area contributed by atoms with Gasteiger partial charge in [-0.2, -0.15) is 0 Å². The van der Waals surface area contributed by atoms with Crippen LogP contribution in [0.1, 0.15) is 26.6 Å². The molecule has 8 heteroatoms. The second-order valence-electron chi connectivity index (χ2n) is 5.45. The van der Waals surface area contributed by atoms with Crippen molar-refractivity contribution in [1.29, 1.82) is 0 Å². The minimum atomic E-state index is -0.325. The van der Waals surface area contributed by atoms with E-state index in [4.69, 9.17) is 9.90 Å². The molecule has 0 saturated carbocycles. The summed E-state index contributed by atoms with van der Waals surface area (Å²) in [6.07, 6.45) is 1.14. The number of H-pyrrole nitrogens is 1. The average Bonchev–Trinajstić information content (AvgIpc) is 2.94. The average molecular weight is 349 g/mol. The normalized spacial score (nSPS) is 12.5. The van der Waals surface area contributed by atoms with Crippen LogP contribution in [0.2, 0.25) is 0 Å². The van der Waals surface area contributed by atoms with Crippen molar-refractivity contribution in [3.05, 3.63) is 41.0 Å². The van der Waals surface area contributed by atoms with Crippen molar-refractivity contribution in [1.82, 2.24) is 15.3 Å². The molecule has 0 radical (unpaired) electrons. The molecule has 1 heterocycles. The van der Waals surface area contributed by atoms with Crippen LogP contribution in [0, 0.1) is 5.82 Å². The number of amides is 1. The van der Waals surface area contributed by atoms with Crippen LogP contribution in [0.15, 0.2) is 29.3 Å². The van der Waals surface area contributed by atoms with E-state index >= 15 is 0 Å².